The first-order valence-electron chi connectivity index (χ1n) is 8.85. The lowest BCUT2D eigenvalue weighted by atomic mass is 10.2. The van der Waals surface area contributed by atoms with E-state index >= 15 is 0 Å². The molecule has 0 N–H and O–H groups in total. The van der Waals surface area contributed by atoms with E-state index in [0.717, 1.165) is 21.5 Å². The lowest BCUT2D eigenvalue weighted by molar-refractivity contribution is -0.384. The van der Waals surface area contributed by atoms with Crippen LogP contribution in [-0.4, -0.2) is 20.8 Å². The van der Waals surface area contributed by atoms with Crippen LogP contribution in [-0.2, 0) is 6.54 Å². The normalized spacial score (nSPS) is 10.8. The molecular formula is C21H16N4O3S. The third-order valence-electron chi connectivity index (χ3n) is 4.38. The molecule has 0 atom stereocenters. The summed E-state index contributed by atoms with van der Waals surface area (Å²) < 4.78 is 0.988. The third-order valence-corrected chi connectivity index (χ3v) is 5.42. The van der Waals surface area contributed by atoms with Crippen molar-refractivity contribution in [1.82, 2.24) is 9.97 Å². The zero-order chi connectivity index (χ0) is 20.4. The third kappa shape index (κ3) is 3.97. The molecule has 7 nitrogen and oxygen atoms in total. The Kier molecular flexibility index (Phi) is 5.01. The van der Waals surface area contributed by atoms with E-state index in [-0.39, 0.29) is 18.1 Å². The summed E-state index contributed by atoms with van der Waals surface area (Å²) in [4.78, 5) is 34.2. The van der Waals surface area contributed by atoms with Gasteiger partial charge in [0.15, 0.2) is 5.13 Å². The number of nitro benzene ring substituents is 1. The maximum absolute atomic E-state index is 13.3. The van der Waals surface area contributed by atoms with Crippen LogP contribution >= 0.6 is 11.3 Å². The highest BCUT2D eigenvalue weighted by atomic mass is 32.1. The van der Waals surface area contributed by atoms with Crippen molar-refractivity contribution in [1.29, 1.82) is 0 Å². The second kappa shape index (κ2) is 7.76. The number of hydrogen-bond acceptors (Lipinski definition) is 6. The number of anilines is 1. The van der Waals surface area contributed by atoms with Crippen molar-refractivity contribution in [2.75, 3.05) is 4.90 Å². The van der Waals surface area contributed by atoms with Crippen LogP contribution in [0.1, 0.15) is 21.6 Å². The molecule has 2 heterocycles. The first kappa shape index (κ1) is 18.7. The number of pyridine rings is 1. The van der Waals surface area contributed by atoms with Crippen LogP contribution in [0.3, 0.4) is 0 Å². The predicted molar refractivity (Wildman–Crippen MR) is 112 cm³/mol. The zero-order valence-electron chi connectivity index (χ0n) is 15.5. The van der Waals surface area contributed by atoms with Crippen molar-refractivity contribution in [2.45, 2.75) is 13.5 Å². The Balaban J connectivity index is 1.74. The van der Waals surface area contributed by atoms with E-state index in [1.807, 2.05) is 43.3 Å². The van der Waals surface area contributed by atoms with Gasteiger partial charge >= 0.3 is 0 Å². The number of nitrogens with zero attached hydrogens (tertiary/aromatic N) is 4. The molecule has 0 saturated carbocycles. The van der Waals surface area contributed by atoms with Gasteiger partial charge in [0, 0.05) is 23.9 Å². The van der Waals surface area contributed by atoms with Gasteiger partial charge in [-0.25, -0.2) is 4.98 Å². The fourth-order valence-electron chi connectivity index (χ4n) is 2.90. The van der Waals surface area contributed by atoms with Gasteiger partial charge in [-0.05, 0) is 48.9 Å². The smallest absolute Gasteiger partial charge is 0.269 e. The van der Waals surface area contributed by atoms with E-state index in [1.165, 1.54) is 35.6 Å². The summed E-state index contributed by atoms with van der Waals surface area (Å²) in [6, 6.07) is 17.0. The van der Waals surface area contributed by atoms with Gasteiger partial charge < -0.3 is 0 Å². The highest BCUT2D eigenvalue weighted by Crippen LogP contribution is 2.31. The van der Waals surface area contributed by atoms with Gasteiger partial charge in [0.25, 0.3) is 11.6 Å². The molecule has 144 valence electrons. The Labute approximate surface area is 170 Å². The molecule has 8 heteroatoms. The number of benzene rings is 2. The van der Waals surface area contributed by atoms with Crippen molar-refractivity contribution < 1.29 is 9.72 Å². The Hall–Kier alpha value is -3.65. The Bertz CT molecular complexity index is 1190. The second-order valence-electron chi connectivity index (χ2n) is 6.48. The first-order chi connectivity index (χ1) is 14.0. The molecule has 0 aliphatic carbocycles. The van der Waals surface area contributed by atoms with E-state index in [1.54, 1.807) is 11.1 Å². The number of amides is 1. The number of rotatable bonds is 5. The van der Waals surface area contributed by atoms with Crippen molar-refractivity contribution in [3.8, 4) is 0 Å². The van der Waals surface area contributed by atoms with E-state index < -0.39 is 4.92 Å². The quantitative estimate of drug-likeness (QED) is 0.354. The van der Waals surface area contributed by atoms with Crippen LogP contribution in [0.2, 0.25) is 0 Å². The maximum atomic E-state index is 13.3. The molecule has 1 amide bonds. The molecule has 0 spiro atoms. The van der Waals surface area contributed by atoms with Gasteiger partial charge in [0.1, 0.15) is 0 Å². The lowest BCUT2D eigenvalue weighted by Crippen LogP contribution is -2.30. The molecule has 4 rings (SSSR count). The minimum Gasteiger partial charge on any atom is -0.278 e. The molecule has 2 aromatic carbocycles. The number of hydrogen-bond donors (Lipinski definition) is 0. The van der Waals surface area contributed by atoms with Gasteiger partial charge in [-0.1, -0.05) is 23.5 Å². The van der Waals surface area contributed by atoms with Crippen molar-refractivity contribution in [3.63, 3.8) is 0 Å². The molecule has 4 aromatic rings. The zero-order valence-corrected chi connectivity index (χ0v) is 16.3. The lowest BCUT2D eigenvalue weighted by Gasteiger charge is -2.19. The molecule has 0 bridgehead atoms. The number of carbonyl (C=O) groups excluding carboxylic acids is 1. The fourth-order valence-corrected chi connectivity index (χ4v) is 3.96. The largest absolute Gasteiger partial charge is 0.278 e. The number of carbonyl (C=O) groups is 1. The van der Waals surface area contributed by atoms with Crippen molar-refractivity contribution in [3.05, 3.63) is 93.8 Å². The summed E-state index contributed by atoms with van der Waals surface area (Å²) in [7, 11) is 0. The molecular weight excluding hydrogens is 388 g/mol. The molecule has 2 aromatic heterocycles. The standard InChI is InChI=1S/C21H16N4O3S/c1-14-5-10-18-19(12-14)29-21(23-18)24(13-16-4-2-3-11-22-16)20(26)15-6-8-17(9-7-15)25(27)28/h2-12H,13H2,1H3. The fraction of sp³-hybridized carbons (Fsp3) is 0.0952. The molecule has 0 unspecified atom stereocenters. The number of nitro groups is 1. The maximum Gasteiger partial charge on any atom is 0.269 e. The van der Waals surface area contributed by atoms with Gasteiger partial charge in [-0.15, -0.1) is 0 Å². The van der Waals surface area contributed by atoms with Crippen LogP contribution in [0.25, 0.3) is 10.2 Å². The highest BCUT2D eigenvalue weighted by molar-refractivity contribution is 7.22. The van der Waals surface area contributed by atoms with Gasteiger partial charge in [-0.3, -0.25) is 24.8 Å². The predicted octanol–water partition coefficient (Wildman–Crippen LogP) is 4.75. The molecule has 0 aliphatic heterocycles. The van der Waals surface area contributed by atoms with Crippen LogP contribution in [0, 0.1) is 17.0 Å². The Morgan fingerprint density at radius 1 is 1.14 bits per heavy atom. The number of fused-ring (bicyclic) bond motifs is 1. The van der Waals surface area contributed by atoms with Crippen molar-refractivity contribution >= 4 is 38.3 Å². The highest BCUT2D eigenvalue weighted by Gasteiger charge is 2.23. The van der Waals surface area contributed by atoms with Crippen molar-refractivity contribution in [2.24, 2.45) is 0 Å². The Morgan fingerprint density at radius 2 is 1.93 bits per heavy atom. The number of aromatic nitrogens is 2. The summed E-state index contributed by atoms with van der Waals surface area (Å²) in [6.45, 7) is 2.25. The van der Waals surface area contributed by atoms with Crippen LogP contribution in [0.4, 0.5) is 10.8 Å². The second-order valence-corrected chi connectivity index (χ2v) is 7.49. The van der Waals surface area contributed by atoms with E-state index in [0.29, 0.717) is 10.7 Å². The van der Waals surface area contributed by atoms with E-state index in [4.69, 9.17) is 0 Å². The number of thiazole rings is 1. The number of aryl methyl sites for hydroxylation is 1. The summed E-state index contributed by atoms with van der Waals surface area (Å²) in [5.74, 6) is -0.290. The molecule has 0 fully saturated rings. The average Bonchev–Trinajstić information content (AvgIpc) is 3.15. The van der Waals surface area contributed by atoms with E-state index in [2.05, 4.69) is 9.97 Å². The molecule has 0 saturated heterocycles. The molecule has 0 radical (unpaired) electrons. The summed E-state index contributed by atoms with van der Waals surface area (Å²) >= 11 is 1.43. The van der Waals surface area contributed by atoms with Gasteiger partial charge in [-0.2, -0.15) is 0 Å². The summed E-state index contributed by atoms with van der Waals surface area (Å²) in [6.07, 6.45) is 1.67. The minimum absolute atomic E-state index is 0.0618. The Morgan fingerprint density at radius 3 is 2.62 bits per heavy atom. The molecule has 29 heavy (non-hydrogen) atoms. The SMILES string of the molecule is Cc1ccc2nc(N(Cc3ccccn3)C(=O)c3ccc([N+](=O)[O-])cc3)sc2c1. The summed E-state index contributed by atoms with van der Waals surface area (Å²) in [5.41, 5.74) is 2.94. The molecule has 0 aliphatic rings. The van der Waals surface area contributed by atoms with Gasteiger partial charge in [0.2, 0.25) is 0 Å². The average molecular weight is 404 g/mol. The topological polar surface area (TPSA) is 89.2 Å². The minimum atomic E-state index is -0.490. The van der Waals surface area contributed by atoms with Crippen LogP contribution < -0.4 is 4.90 Å². The van der Waals surface area contributed by atoms with Gasteiger partial charge in [0.05, 0.1) is 27.4 Å². The van der Waals surface area contributed by atoms with E-state index in [9.17, 15) is 14.9 Å². The number of non-ortho nitro benzene ring substituents is 1. The first-order valence-corrected chi connectivity index (χ1v) is 9.66. The summed E-state index contributed by atoms with van der Waals surface area (Å²) in [5, 5.41) is 11.5. The van der Waals surface area contributed by atoms with Crippen LogP contribution in [0.15, 0.2) is 66.9 Å². The monoisotopic (exact) mass is 404 g/mol. The van der Waals surface area contributed by atoms with Crippen LogP contribution in [0.5, 0.6) is 0 Å².